The molecule has 0 bridgehead atoms. The van der Waals surface area contributed by atoms with E-state index in [9.17, 15) is 0 Å². The molecular weight excluding hydrogens is 162 g/mol. The molecule has 0 saturated heterocycles. The van der Waals surface area contributed by atoms with E-state index in [1.165, 1.54) is 12.8 Å². The standard InChI is InChI=1S/C11H23NO/c1-3-7-13-8-6-11(2,9-12)10-4-5-10/h10H,3-9,12H2,1-2H3. The Morgan fingerprint density at radius 3 is 2.54 bits per heavy atom. The molecular formula is C11H23NO. The van der Waals surface area contributed by atoms with E-state index in [-0.39, 0.29) is 0 Å². The maximum Gasteiger partial charge on any atom is 0.0471 e. The van der Waals surface area contributed by atoms with Gasteiger partial charge in [-0.2, -0.15) is 0 Å². The van der Waals surface area contributed by atoms with Crippen LogP contribution in [-0.2, 0) is 4.74 Å². The first-order valence-electron chi connectivity index (χ1n) is 5.50. The Bertz CT molecular complexity index is 145. The van der Waals surface area contributed by atoms with Crippen molar-refractivity contribution in [3.8, 4) is 0 Å². The molecule has 2 N–H and O–H groups in total. The Morgan fingerprint density at radius 2 is 2.08 bits per heavy atom. The molecule has 2 heteroatoms. The van der Waals surface area contributed by atoms with Crippen LogP contribution in [0, 0.1) is 11.3 Å². The van der Waals surface area contributed by atoms with Crippen molar-refractivity contribution in [2.75, 3.05) is 19.8 Å². The predicted octanol–water partition coefficient (Wildman–Crippen LogP) is 2.18. The maximum atomic E-state index is 5.81. The average Bonchev–Trinajstić information content (AvgIpc) is 2.95. The summed E-state index contributed by atoms with van der Waals surface area (Å²) in [6.07, 6.45) is 5.00. The lowest BCUT2D eigenvalue weighted by Crippen LogP contribution is -2.30. The van der Waals surface area contributed by atoms with Crippen LogP contribution in [0.4, 0.5) is 0 Å². The monoisotopic (exact) mass is 185 g/mol. The van der Waals surface area contributed by atoms with Crippen LogP contribution in [0.3, 0.4) is 0 Å². The normalized spacial score (nSPS) is 21.5. The molecule has 1 saturated carbocycles. The number of hydrogen-bond acceptors (Lipinski definition) is 2. The highest BCUT2D eigenvalue weighted by atomic mass is 16.5. The van der Waals surface area contributed by atoms with Gasteiger partial charge < -0.3 is 10.5 Å². The van der Waals surface area contributed by atoms with Gasteiger partial charge in [-0.25, -0.2) is 0 Å². The van der Waals surface area contributed by atoms with Gasteiger partial charge in [-0.1, -0.05) is 13.8 Å². The lowest BCUT2D eigenvalue weighted by molar-refractivity contribution is 0.0938. The lowest BCUT2D eigenvalue weighted by Gasteiger charge is -2.27. The zero-order valence-electron chi connectivity index (χ0n) is 9.01. The van der Waals surface area contributed by atoms with Gasteiger partial charge in [0, 0.05) is 13.2 Å². The van der Waals surface area contributed by atoms with Gasteiger partial charge in [0.1, 0.15) is 0 Å². The quantitative estimate of drug-likeness (QED) is 0.617. The first-order valence-corrected chi connectivity index (χ1v) is 5.50. The molecule has 0 amide bonds. The molecule has 1 fully saturated rings. The first kappa shape index (κ1) is 11.0. The molecule has 1 rings (SSSR count). The third-order valence-corrected chi connectivity index (χ3v) is 3.20. The summed E-state index contributed by atoms with van der Waals surface area (Å²) in [5.74, 6) is 0.878. The second-order valence-electron chi connectivity index (χ2n) is 4.49. The Hall–Kier alpha value is -0.0800. The van der Waals surface area contributed by atoms with Crippen molar-refractivity contribution in [1.29, 1.82) is 0 Å². The van der Waals surface area contributed by atoms with E-state index in [4.69, 9.17) is 10.5 Å². The molecule has 1 aliphatic rings. The SMILES string of the molecule is CCCOCCC(C)(CN)C1CC1. The summed E-state index contributed by atoms with van der Waals surface area (Å²) in [7, 11) is 0. The minimum atomic E-state index is 0.355. The number of nitrogens with two attached hydrogens (primary N) is 1. The smallest absolute Gasteiger partial charge is 0.0471 e. The molecule has 0 radical (unpaired) electrons. The number of ether oxygens (including phenoxy) is 1. The van der Waals surface area contributed by atoms with Crippen molar-refractivity contribution in [3.05, 3.63) is 0 Å². The molecule has 13 heavy (non-hydrogen) atoms. The van der Waals surface area contributed by atoms with Crippen LogP contribution in [-0.4, -0.2) is 19.8 Å². The van der Waals surface area contributed by atoms with E-state index >= 15 is 0 Å². The van der Waals surface area contributed by atoms with Gasteiger partial charge in [-0.3, -0.25) is 0 Å². The lowest BCUT2D eigenvalue weighted by atomic mass is 9.82. The van der Waals surface area contributed by atoms with Crippen molar-refractivity contribution in [2.45, 2.75) is 39.5 Å². The Labute approximate surface area is 81.8 Å². The summed E-state index contributed by atoms with van der Waals surface area (Å²) < 4.78 is 5.50. The van der Waals surface area contributed by atoms with Gasteiger partial charge >= 0.3 is 0 Å². The van der Waals surface area contributed by atoms with Crippen LogP contribution in [0.5, 0.6) is 0 Å². The Kier molecular flexibility index (Phi) is 4.20. The molecule has 0 aromatic rings. The summed E-state index contributed by atoms with van der Waals surface area (Å²) in [4.78, 5) is 0. The highest BCUT2D eigenvalue weighted by Gasteiger charge is 2.39. The van der Waals surface area contributed by atoms with Gasteiger partial charge in [-0.05, 0) is 43.6 Å². The molecule has 2 nitrogen and oxygen atoms in total. The summed E-state index contributed by atoms with van der Waals surface area (Å²) in [6.45, 7) is 7.04. The molecule has 1 unspecified atom stereocenters. The summed E-state index contributed by atoms with van der Waals surface area (Å²) in [5.41, 5.74) is 6.16. The molecule has 0 aliphatic heterocycles. The predicted molar refractivity (Wildman–Crippen MR) is 55.6 cm³/mol. The summed E-state index contributed by atoms with van der Waals surface area (Å²) in [5, 5.41) is 0. The third-order valence-electron chi connectivity index (χ3n) is 3.20. The van der Waals surface area contributed by atoms with E-state index in [1.54, 1.807) is 0 Å². The Morgan fingerprint density at radius 1 is 1.38 bits per heavy atom. The fraction of sp³-hybridized carbons (Fsp3) is 1.00. The van der Waals surface area contributed by atoms with Gasteiger partial charge in [-0.15, -0.1) is 0 Å². The van der Waals surface area contributed by atoms with Crippen LogP contribution in [0.15, 0.2) is 0 Å². The molecule has 0 aromatic heterocycles. The van der Waals surface area contributed by atoms with Crippen LogP contribution >= 0.6 is 0 Å². The van der Waals surface area contributed by atoms with E-state index in [2.05, 4.69) is 13.8 Å². The topological polar surface area (TPSA) is 35.2 Å². The highest BCUT2D eigenvalue weighted by Crippen LogP contribution is 2.46. The van der Waals surface area contributed by atoms with Crippen LogP contribution in [0.25, 0.3) is 0 Å². The molecule has 78 valence electrons. The summed E-state index contributed by atoms with van der Waals surface area (Å²) in [6, 6.07) is 0. The highest BCUT2D eigenvalue weighted by molar-refractivity contribution is 4.91. The van der Waals surface area contributed by atoms with Crippen LogP contribution in [0.1, 0.15) is 39.5 Å². The number of hydrogen-bond donors (Lipinski definition) is 1. The number of rotatable bonds is 7. The van der Waals surface area contributed by atoms with Crippen molar-refractivity contribution < 1.29 is 4.74 Å². The third kappa shape index (κ3) is 3.28. The van der Waals surface area contributed by atoms with Crippen LogP contribution in [0.2, 0.25) is 0 Å². The maximum absolute atomic E-state index is 5.81. The van der Waals surface area contributed by atoms with Crippen molar-refractivity contribution in [1.82, 2.24) is 0 Å². The first-order chi connectivity index (χ1) is 6.23. The van der Waals surface area contributed by atoms with Crippen molar-refractivity contribution >= 4 is 0 Å². The molecule has 0 aromatic carbocycles. The largest absolute Gasteiger partial charge is 0.381 e. The molecule has 0 heterocycles. The molecule has 1 atom stereocenters. The van der Waals surface area contributed by atoms with Crippen molar-refractivity contribution in [3.63, 3.8) is 0 Å². The second kappa shape index (κ2) is 4.97. The van der Waals surface area contributed by atoms with Crippen molar-refractivity contribution in [2.24, 2.45) is 17.1 Å². The van der Waals surface area contributed by atoms with E-state index in [1.807, 2.05) is 0 Å². The van der Waals surface area contributed by atoms with E-state index < -0.39 is 0 Å². The van der Waals surface area contributed by atoms with Gasteiger partial charge in [0.15, 0.2) is 0 Å². The van der Waals surface area contributed by atoms with Gasteiger partial charge in [0.2, 0.25) is 0 Å². The van der Waals surface area contributed by atoms with E-state index in [0.717, 1.165) is 38.5 Å². The minimum Gasteiger partial charge on any atom is -0.381 e. The fourth-order valence-electron chi connectivity index (χ4n) is 1.80. The molecule has 0 spiro atoms. The Balaban J connectivity index is 2.15. The molecule has 1 aliphatic carbocycles. The average molecular weight is 185 g/mol. The summed E-state index contributed by atoms with van der Waals surface area (Å²) >= 11 is 0. The van der Waals surface area contributed by atoms with Gasteiger partial charge in [0.25, 0.3) is 0 Å². The zero-order chi connectivity index (χ0) is 9.73. The van der Waals surface area contributed by atoms with Gasteiger partial charge in [0.05, 0.1) is 0 Å². The zero-order valence-corrected chi connectivity index (χ0v) is 9.01. The van der Waals surface area contributed by atoms with Crippen LogP contribution < -0.4 is 5.73 Å². The van der Waals surface area contributed by atoms with E-state index in [0.29, 0.717) is 5.41 Å². The fourth-order valence-corrected chi connectivity index (χ4v) is 1.80. The second-order valence-corrected chi connectivity index (χ2v) is 4.49. The minimum absolute atomic E-state index is 0.355.